The van der Waals surface area contributed by atoms with E-state index in [4.69, 9.17) is 19.4 Å². The van der Waals surface area contributed by atoms with E-state index in [9.17, 15) is 0 Å². The van der Waals surface area contributed by atoms with Crippen LogP contribution in [0.15, 0.2) is 265 Å². The van der Waals surface area contributed by atoms with Crippen LogP contribution in [0.25, 0.3) is 123 Å². The van der Waals surface area contributed by atoms with Gasteiger partial charge in [-0.25, -0.2) is 15.0 Å². The summed E-state index contributed by atoms with van der Waals surface area (Å²) in [4.78, 5) is 15.9. The van der Waals surface area contributed by atoms with Gasteiger partial charge in [0.25, 0.3) is 0 Å². The van der Waals surface area contributed by atoms with Crippen molar-refractivity contribution >= 4 is 21.9 Å². The summed E-state index contributed by atoms with van der Waals surface area (Å²) in [6.07, 6.45) is 0. The van der Waals surface area contributed by atoms with Gasteiger partial charge in [-0.3, -0.25) is 0 Å². The molecule has 1 spiro atoms. The third kappa shape index (κ3) is 6.45. The molecule has 2 heterocycles. The van der Waals surface area contributed by atoms with E-state index in [2.05, 4.69) is 231 Å². The molecule has 0 bridgehead atoms. The molecule has 13 aromatic rings. The Bertz CT molecular complexity index is 4300. The van der Waals surface area contributed by atoms with Crippen LogP contribution in [-0.2, 0) is 5.41 Å². The van der Waals surface area contributed by atoms with Crippen molar-refractivity contribution in [1.82, 2.24) is 15.0 Å². The van der Waals surface area contributed by atoms with Crippen molar-refractivity contribution in [1.29, 1.82) is 0 Å². The van der Waals surface area contributed by atoms with Gasteiger partial charge in [0.05, 0.1) is 5.41 Å². The molecule has 4 nitrogen and oxygen atoms in total. The van der Waals surface area contributed by atoms with E-state index < -0.39 is 5.41 Å². The summed E-state index contributed by atoms with van der Waals surface area (Å²) in [5.74, 6) is 1.77. The lowest BCUT2D eigenvalue weighted by Crippen LogP contribution is -2.25. The molecule has 0 fully saturated rings. The average Bonchev–Trinajstić information content (AvgIpc) is 4.22. The van der Waals surface area contributed by atoms with Crippen LogP contribution in [-0.4, -0.2) is 15.0 Å². The van der Waals surface area contributed by atoms with Gasteiger partial charge in [0.2, 0.25) is 0 Å². The number of benzene rings is 11. The van der Waals surface area contributed by atoms with Crippen LogP contribution in [0.4, 0.5) is 0 Å². The van der Waals surface area contributed by atoms with Crippen LogP contribution in [0.1, 0.15) is 22.3 Å². The number of hydrogen-bond acceptors (Lipinski definition) is 4. The van der Waals surface area contributed by atoms with Gasteiger partial charge >= 0.3 is 0 Å². The van der Waals surface area contributed by atoms with Crippen LogP contribution < -0.4 is 0 Å². The highest BCUT2D eigenvalue weighted by Crippen LogP contribution is 2.63. The molecule has 11 aromatic carbocycles. The molecule has 4 heteroatoms. The fourth-order valence-corrected chi connectivity index (χ4v) is 12.1. The second kappa shape index (κ2) is 16.7. The van der Waals surface area contributed by atoms with E-state index in [1.165, 1.54) is 50.1 Å². The highest BCUT2D eigenvalue weighted by molar-refractivity contribution is 6.13. The third-order valence-electron chi connectivity index (χ3n) is 15.4. The van der Waals surface area contributed by atoms with Crippen LogP contribution in [0.2, 0.25) is 0 Å². The Morgan fingerprint density at radius 1 is 0.243 bits per heavy atom. The highest BCUT2D eigenvalue weighted by atomic mass is 16.3. The molecule has 0 N–H and O–H groups in total. The Balaban J connectivity index is 0.860. The Labute approximate surface area is 428 Å². The number of fused-ring (bicyclic) bond motifs is 13. The van der Waals surface area contributed by atoms with Crippen molar-refractivity contribution in [2.75, 3.05) is 0 Å². The molecule has 0 amide bonds. The van der Waals surface area contributed by atoms with Crippen LogP contribution >= 0.6 is 0 Å². The zero-order chi connectivity index (χ0) is 48.7. The van der Waals surface area contributed by atoms with Gasteiger partial charge in [0, 0.05) is 27.5 Å². The smallest absolute Gasteiger partial charge is 0.164 e. The van der Waals surface area contributed by atoms with Crippen molar-refractivity contribution in [3.63, 3.8) is 0 Å². The van der Waals surface area contributed by atoms with Gasteiger partial charge in [0.1, 0.15) is 11.2 Å². The van der Waals surface area contributed by atoms with Crippen molar-refractivity contribution in [3.8, 4) is 101 Å². The molecule has 2 aliphatic rings. The molecule has 0 saturated carbocycles. The summed E-state index contributed by atoms with van der Waals surface area (Å²) in [5.41, 5.74) is 23.4. The van der Waals surface area contributed by atoms with E-state index in [-0.39, 0.29) is 0 Å². The lowest BCUT2D eigenvalue weighted by Gasteiger charge is -2.30. The largest absolute Gasteiger partial charge is 0.456 e. The third-order valence-corrected chi connectivity index (χ3v) is 15.4. The standard InChI is InChI=1S/C70H43N3O/c1-3-17-44(18-4-1)45-33-35-47(36-34-45)67-71-68(57-27-8-7-23-52(57)46-19-5-2-6-20-46)73-69(72-67)58-28-16-32-65-66(58)59-42-50(38-40-64(59)74-65)48-21-15-22-49(41-48)51-37-39-56-55-26-11-14-31-62(55)70(63(56)43-51)60-29-12-9-24-53(60)54-25-10-13-30-61(54)70/h1-43H. The number of furan rings is 1. The van der Waals surface area contributed by atoms with E-state index in [1.54, 1.807) is 0 Å². The molecule has 0 aliphatic heterocycles. The first kappa shape index (κ1) is 42.0. The topological polar surface area (TPSA) is 51.8 Å². The summed E-state index contributed by atoms with van der Waals surface area (Å²) < 4.78 is 6.65. The Morgan fingerprint density at radius 2 is 0.676 bits per heavy atom. The molecule has 74 heavy (non-hydrogen) atoms. The summed E-state index contributed by atoms with van der Waals surface area (Å²) >= 11 is 0. The molecule has 2 aromatic heterocycles. The van der Waals surface area contributed by atoms with Gasteiger partial charge in [-0.05, 0) is 119 Å². The first-order valence-electron chi connectivity index (χ1n) is 25.2. The zero-order valence-electron chi connectivity index (χ0n) is 40.1. The quantitative estimate of drug-likeness (QED) is 0.160. The minimum Gasteiger partial charge on any atom is -0.456 e. The maximum absolute atomic E-state index is 6.65. The first-order valence-corrected chi connectivity index (χ1v) is 25.2. The van der Waals surface area contributed by atoms with Gasteiger partial charge in [-0.15, -0.1) is 0 Å². The highest BCUT2D eigenvalue weighted by Gasteiger charge is 2.51. The fourth-order valence-electron chi connectivity index (χ4n) is 12.1. The molecule has 344 valence electrons. The van der Waals surface area contributed by atoms with E-state index in [1.807, 2.05) is 30.3 Å². The molecule has 2 aliphatic carbocycles. The van der Waals surface area contributed by atoms with Crippen molar-refractivity contribution in [2.24, 2.45) is 0 Å². The van der Waals surface area contributed by atoms with Gasteiger partial charge in [-0.2, -0.15) is 0 Å². The summed E-state index contributed by atoms with van der Waals surface area (Å²) in [7, 11) is 0. The molecular formula is C70H43N3O. The molecule has 0 radical (unpaired) electrons. The van der Waals surface area contributed by atoms with Crippen LogP contribution in [0.3, 0.4) is 0 Å². The summed E-state index contributed by atoms with van der Waals surface area (Å²) in [6, 6.07) is 93.4. The number of rotatable bonds is 7. The van der Waals surface area contributed by atoms with Crippen molar-refractivity contribution < 1.29 is 4.42 Å². The van der Waals surface area contributed by atoms with E-state index in [0.717, 1.165) is 77.6 Å². The predicted molar refractivity (Wildman–Crippen MR) is 301 cm³/mol. The Morgan fingerprint density at radius 3 is 1.34 bits per heavy atom. The molecule has 0 atom stereocenters. The van der Waals surface area contributed by atoms with E-state index >= 15 is 0 Å². The second-order valence-electron chi connectivity index (χ2n) is 19.4. The fraction of sp³-hybridized carbons (Fsp3) is 0.0143. The monoisotopic (exact) mass is 941 g/mol. The van der Waals surface area contributed by atoms with E-state index in [0.29, 0.717) is 17.5 Å². The second-order valence-corrected chi connectivity index (χ2v) is 19.4. The SMILES string of the molecule is c1ccc(-c2ccc(-c3nc(-c4ccccc4-c4ccccc4)nc(-c4cccc5oc6ccc(-c7cccc(-c8ccc9c(c8)C8(c%10ccccc%10-c%10ccccc%108)c8ccccc8-9)c7)cc6c45)n3)cc2)cc1. The Hall–Kier alpha value is -9.77. The minimum atomic E-state index is -0.407. The lowest BCUT2D eigenvalue weighted by molar-refractivity contribution is 0.669. The normalized spacial score (nSPS) is 12.7. The summed E-state index contributed by atoms with van der Waals surface area (Å²) in [6.45, 7) is 0. The van der Waals surface area contributed by atoms with Crippen molar-refractivity contribution in [3.05, 3.63) is 283 Å². The van der Waals surface area contributed by atoms with Crippen LogP contribution in [0.5, 0.6) is 0 Å². The first-order chi connectivity index (χ1) is 36.7. The maximum Gasteiger partial charge on any atom is 0.164 e. The van der Waals surface area contributed by atoms with Gasteiger partial charge in [-0.1, -0.05) is 231 Å². The molecule has 0 unspecified atom stereocenters. The van der Waals surface area contributed by atoms with Gasteiger partial charge < -0.3 is 4.42 Å². The van der Waals surface area contributed by atoms with Gasteiger partial charge in [0.15, 0.2) is 17.5 Å². The lowest BCUT2D eigenvalue weighted by atomic mass is 9.70. The van der Waals surface area contributed by atoms with Crippen molar-refractivity contribution in [2.45, 2.75) is 5.41 Å². The number of nitrogens with zero attached hydrogens (tertiary/aromatic N) is 3. The Kier molecular flexibility index (Phi) is 9.45. The van der Waals surface area contributed by atoms with Crippen LogP contribution in [0, 0.1) is 0 Å². The number of hydrogen-bond donors (Lipinski definition) is 0. The number of aromatic nitrogens is 3. The molecule has 0 saturated heterocycles. The molecular weight excluding hydrogens is 899 g/mol. The minimum absolute atomic E-state index is 0.407. The molecule has 15 rings (SSSR count). The predicted octanol–water partition coefficient (Wildman–Crippen LogP) is 17.8. The maximum atomic E-state index is 6.65. The summed E-state index contributed by atoms with van der Waals surface area (Å²) in [5, 5.41) is 1.95. The zero-order valence-corrected chi connectivity index (χ0v) is 40.1. The average molecular weight is 942 g/mol.